The lowest BCUT2D eigenvalue weighted by Gasteiger charge is -2.15. The summed E-state index contributed by atoms with van der Waals surface area (Å²) in [6, 6.07) is 15.7. The van der Waals surface area contributed by atoms with Gasteiger partial charge in [-0.05, 0) is 47.5 Å². The SMILES string of the molecule is FC1(F)CCN(Cc2cncc(-c3ccc4[nH]nc(-c5nc6c(-c7ccncc7)cccc6[nH]5)c4n3)c2)C1. The van der Waals surface area contributed by atoms with E-state index in [1.165, 1.54) is 0 Å². The summed E-state index contributed by atoms with van der Waals surface area (Å²) in [6.07, 6.45) is 6.87. The summed E-state index contributed by atoms with van der Waals surface area (Å²) >= 11 is 0. The highest BCUT2D eigenvalue weighted by Gasteiger charge is 2.37. The Hall–Kier alpha value is -4.57. The molecule has 5 aromatic heterocycles. The second kappa shape index (κ2) is 8.77. The van der Waals surface area contributed by atoms with Crippen molar-refractivity contribution >= 4 is 22.1 Å². The number of alkyl halides is 2. The van der Waals surface area contributed by atoms with Crippen LogP contribution in [0.3, 0.4) is 0 Å². The third kappa shape index (κ3) is 4.08. The number of fused-ring (bicyclic) bond motifs is 2. The lowest BCUT2D eigenvalue weighted by Crippen LogP contribution is -2.24. The van der Waals surface area contributed by atoms with Gasteiger partial charge >= 0.3 is 0 Å². The van der Waals surface area contributed by atoms with E-state index in [-0.39, 0.29) is 13.0 Å². The van der Waals surface area contributed by atoms with Gasteiger partial charge < -0.3 is 4.98 Å². The average Bonchev–Trinajstić information content (AvgIpc) is 3.64. The van der Waals surface area contributed by atoms with Crippen LogP contribution in [0.4, 0.5) is 8.78 Å². The minimum Gasteiger partial charge on any atom is -0.336 e. The van der Waals surface area contributed by atoms with Gasteiger partial charge in [0, 0.05) is 55.4 Å². The molecule has 38 heavy (non-hydrogen) atoms. The molecule has 7 rings (SSSR count). The first kappa shape index (κ1) is 22.6. The van der Waals surface area contributed by atoms with Crippen molar-refractivity contribution in [2.75, 3.05) is 13.1 Å². The molecule has 1 saturated heterocycles. The van der Waals surface area contributed by atoms with Gasteiger partial charge in [0.15, 0.2) is 11.5 Å². The van der Waals surface area contributed by atoms with E-state index in [2.05, 4.69) is 25.1 Å². The van der Waals surface area contributed by atoms with E-state index >= 15 is 0 Å². The monoisotopic (exact) mass is 508 g/mol. The Labute approximate surface area is 215 Å². The van der Waals surface area contributed by atoms with Crippen LogP contribution in [0.1, 0.15) is 12.0 Å². The molecular formula is C28H22F2N8. The van der Waals surface area contributed by atoms with Gasteiger partial charge in [0.05, 0.1) is 28.8 Å². The lowest BCUT2D eigenvalue weighted by molar-refractivity contribution is 0.0115. The first-order chi connectivity index (χ1) is 18.5. The number of hydrogen-bond donors (Lipinski definition) is 2. The minimum absolute atomic E-state index is 0.104. The van der Waals surface area contributed by atoms with Crippen LogP contribution in [0.15, 0.2) is 73.3 Å². The Bertz CT molecular complexity index is 1780. The standard InChI is InChI=1S/C28H22F2N8/c29-28(30)8-11-38(16-28)15-17-12-19(14-32-13-17)21-4-5-23-25(33-21)26(37-36-23)27-34-22-3-1-2-20(24(22)35-27)18-6-9-31-10-7-18/h1-7,9-10,12-14H,8,11,15-16H2,(H,34,35)(H,36,37). The van der Waals surface area contributed by atoms with Crippen molar-refractivity contribution in [1.82, 2.24) is 40.0 Å². The van der Waals surface area contributed by atoms with E-state index in [1.54, 1.807) is 29.7 Å². The maximum Gasteiger partial charge on any atom is 0.261 e. The van der Waals surface area contributed by atoms with Crippen molar-refractivity contribution in [3.63, 3.8) is 0 Å². The van der Waals surface area contributed by atoms with E-state index in [1.807, 2.05) is 48.5 Å². The predicted molar refractivity (Wildman–Crippen MR) is 140 cm³/mol. The zero-order valence-corrected chi connectivity index (χ0v) is 20.2. The fraction of sp³-hybridized carbons (Fsp3) is 0.179. The number of aromatic nitrogens is 7. The Morgan fingerprint density at radius 1 is 0.895 bits per heavy atom. The Kier molecular flexibility index (Phi) is 5.22. The molecule has 1 fully saturated rings. The maximum absolute atomic E-state index is 13.6. The minimum atomic E-state index is -2.62. The molecule has 6 heterocycles. The highest BCUT2D eigenvalue weighted by Crippen LogP contribution is 2.32. The molecule has 0 saturated carbocycles. The van der Waals surface area contributed by atoms with Gasteiger partial charge in [-0.1, -0.05) is 12.1 Å². The van der Waals surface area contributed by atoms with Crippen LogP contribution < -0.4 is 0 Å². The summed E-state index contributed by atoms with van der Waals surface area (Å²) in [5.41, 5.74) is 8.23. The van der Waals surface area contributed by atoms with Crippen molar-refractivity contribution in [2.45, 2.75) is 18.9 Å². The van der Waals surface area contributed by atoms with Gasteiger partial charge in [-0.3, -0.25) is 20.0 Å². The number of rotatable bonds is 5. The number of H-pyrrole nitrogens is 2. The molecule has 2 N–H and O–H groups in total. The molecule has 0 atom stereocenters. The van der Waals surface area contributed by atoms with Crippen molar-refractivity contribution < 1.29 is 8.78 Å². The topological polar surface area (TPSA) is 99.3 Å². The van der Waals surface area contributed by atoms with Crippen molar-refractivity contribution in [2.24, 2.45) is 0 Å². The average molecular weight is 509 g/mol. The largest absolute Gasteiger partial charge is 0.336 e. The molecule has 0 spiro atoms. The van der Waals surface area contributed by atoms with Crippen molar-refractivity contribution in [3.05, 3.63) is 78.9 Å². The fourth-order valence-corrected chi connectivity index (χ4v) is 5.05. The molecule has 10 heteroatoms. The zero-order valence-electron chi connectivity index (χ0n) is 20.2. The van der Waals surface area contributed by atoms with Crippen molar-refractivity contribution in [1.29, 1.82) is 0 Å². The van der Waals surface area contributed by atoms with Crippen LogP contribution in [0.5, 0.6) is 0 Å². The van der Waals surface area contributed by atoms with E-state index in [0.29, 0.717) is 30.1 Å². The number of halogens is 2. The number of hydrogen-bond acceptors (Lipinski definition) is 6. The van der Waals surface area contributed by atoms with Crippen LogP contribution in [-0.4, -0.2) is 59.0 Å². The number of pyridine rings is 3. The number of benzene rings is 1. The normalized spacial score (nSPS) is 15.5. The van der Waals surface area contributed by atoms with Gasteiger partial charge in [0.25, 0.3) is 5.92 Å². The third-order valence-corrected chi connectivity index (χ3v) is 6.88. The number of para-hydroxylation sites is 1. The summed E-state index contributed by atoms with van der Waals surface area (Å²) < 4.78 is 27.3. The molecule has 188 valence electrons. The summed E-state index contributed by atoms with van der Waals surface area (Å²) in [7, 11) is 0. The van der Waals surface area contributed by atoms with E-state index < -0.39 is 5.92 Å². The summed E-state index contributed by atoms with van der Waals surface area (Å²) in [4.78, 5) is 23.4. The van der Waals surface area contributed by atoms with Gasteiger partial charge in [-0.2, -0.15) is 5.10 Å². The van der Waals surface area contributed by atoms with Gasteiger partial charge in [-0.25, -0.2) is 18.7 Å². The molecule has 0 unspecified atom stereocenters. The second-order valence-corrected chi connectivity index (χ2v) is 9.59. The number of nitrogens with zero attached hydrogens (tertiary/aromatic N) is 6. The van der Waals surface area contributed by atoms with Gasteiger partial charge in [-0.15, -0.1) is 0 Å². The first-order valence-corrected chi connectivity index (χ1v) is 12.3. The molecule has 0 amide bonds. The second-order valence-electron chi connectivity index (χ2n) is 9.59. The smallest absolute Gasteiger partial charge is 0.261 e. The third-order valence-electron chi connectivity index (χ3n) is 6.88. The molecule has 8 nitrogen and oxygen atoms in total. The van der Waals surface area contributed by atoms with Crippen LogP contribution >= 0.6 is 0 Å². The number of likely N-dealkylation sites (tertiary alicyclic amines) is 1. The van der Waals surface area contributed by atoms with Crippen LogP contribution in [0.25, 0.3) is 56.0 Å². The highest BCUT2D eigenvalue weighted by atomic mass is 19.3. The van der Waals surface area contributed by atoms with Gasteiger partial charge in [0.2, 0.25) is 0 Å². The fourth-order valence-electron chi connectivity index (χ4n) is 5.05. The van der Waals surface area contributed by atoms with Gasteiger partial charge in [0.1, 0.15) is 5.52 Å². The summed E-state index contributed by atoms with van der Waals surface area (Å²) in [6.45, 7) is 0.578. The maximum atomic E-state index is 13.6. The molecule has 1 aliphatic rings. The van der Waals surface area contributed by atoms with E-state index in [4.69, 9.17) is 9.97 Å². The van der Waals surface area contributed by atoms with E-state index in [0.717, 1.165) is 44.5 Å². The van der Waals surface area contributed by atoms with Crippen LogP contribution in [0.2, 0.25) is 0 Å². The molecular weight excluding hydrogens is 486 g/mol. The zero-order chi connectivity index (χ0) is 25.7. The molecule has 0 radical (unpaired) electrons. The molecule has 0 aliphatic carbocycles. The number of imidazole rings is 1. The Morgan fingerprint density at radius 2 is 1.79 bits per heavy atom. The first-order valence-electron chi connectivity index (χ1n) is 12.3. The molecule has 6 aromatic rings. The predicted octanol–water partition coefficient (Wildman–Crippen LogP) is 5.47. The lowest BCUT2D eigenvalue weighted by atomic mass is 10.1. The van der Waals surface area contributed by atoms with Crippen LogP contribution in [0, 0.1) is 0 Å². The summed E-state index contributed by atoms with van der Waals surface area (Å²) in [5.74, 6) is -2.01. The van der Waals surface area contributed by atoms with Crippen molar-refractivity contribution in [3.8, 4) is 33.9 Å². The number of nitrogens with one attached hydrogen (secondary N) is 2. The number of aromatic amines is 2. The summed E-state index contributed by atoms with van der Waals surface area (Å²) in [5, 5.41) is 7.56. The Morgan fingerprint density at radius 3 is 2.63 bits per heavy atom. The highest BCUT2D eigenvalue weighted by molar-refractivity contribution is 5.96. The quantitative estimate of drug-likeness (QED) is 0.321. The molecule has 1 aliphatic heterocycles. The molecule has 0 bridgehead atoms. The van der Waals surface area contributed by atoms with Crippen LogP contribution in [-0.2, 0) is 6.54 Å². The molecule has 1 aromatic carbocycles. The Balaban J connectivity index is 1.24. The van der Waals surface area contributed by atoms with E-state index in [9.17, 15) is 8.78 Å².